The molecule has 0 aliphatic heterocycles. The fourth-order valence-corrected chi connectivity index (χ4v) is 6.15. The van der Waals surface area contributed by atoms with Crippen LogP contribution in [-0.4, -0.2) is 50.0 Å². The van der Waals surface area contributed by atoms with Gasteiger partial charge in [-0.1, -0.05) is 94.4 Å². The maximum absolute atomic E-state index is 14.1. The second-order valence-corrected chi connectivity index (χ2v) is 13.5. The Kier molecular flexibility index (Phi) is 11.6. The Labute approximate surface area is 265 Å². The second-order valence-electron chi connectivity index (χ2n) is 9.58. The summed E-state index contributed by atoms with van der Waals surface area (Å²) in [6, 6.07) is 15.3. The summed E-state index contributed by atoms with van der Waals surface area (Å²) in [5.74, 6) is -1.13. The van der Waals surface area contributed by atoms with E-state index in [4.69, 9.17) is 58.0 Å². The average molecular weight is 680 g/mol. The van der Waals surface area contributed by atoms with Gasteiger partial charge in [0.25, 0.3) is 0 Å². The molecule has 13 heteroatoms. The standard InChI is InChI=1S/C28H28Cl5N3O4S/c1-17(2)34-28(38)26(12-18-8-5-4-6-9-18)35(15-19-20(29)10-7-11-21(19)30)27(37)16-36(41(3,39)40)25-14-23(32)22(31)13-24(25)33/h4-11,13-14,17,26H,12,15-16H2,1-3H3,(H,34,38)/t26-/m1/s1. The number of carbonyl (C=O) groups excluding carboxylic acids is 2. The van der Waals surface area contributed by atoms with Crippen LogP contribution < -0.4 is 9.62 Å². The lowest BCUT2D eigenvalue weighted by Crippen LogP contribution is -2.54. The fraction of sp³-hybridized carbons (Fsp3) is 0.286. The predicted molar refractivity (Wildman–Crippen MR) is 168 cm³/mol. The predicted octanol–water partition coefficient (Wildman–Crippen LogP) is 6.88. The monoisotopic (exact) mass is 677 g/mol. The van der Waals surface area contributed by atoms with Crippen LogP contribution in [0.25, 0.3) is 0 Å². The van der Waals surface area contributed by atoms with Crippen LogP contribution in [0.2, 0.25) is 25.1 Å². The molecule has 0 aromatic heterocycles. The van der Waals surface area contributed by atoms with Crippen LogP contribution in [0.3, 0.4) is 0 Å². The molecule has 1 atom stereocenters. The highest BCUT2D eigenvalue weighted by molar-refractivity contribution is 7.92. The average Bonchev–Trinajstić information content (AvgIpc) is 2.88. The fourth-order valence-electron chi connectivity index (χ4n) is 4.09. The summed E-state index contributed by atoms with van der Waals surface area (Å²) in [6.45, 7) is 2.73. The smallest absolute Gasteiger partial charge is 0.244 e. The van der Waals surface area contributed by atoms with Crippen LogP contribution in [0.1, 0.15) is 25.0 Å². The molecule has 2 amide bonds. The molecule has 3 aromatic rings. The summed E-state index contributed by atoms with van der Waals surface area (Å²) in [5, 5.41) is 3.56. The van der Waals surface area contributed by atoms with E-state index in [0.29, 0.717) is 5.56 Å². The molecular formula is C28H28Cl5N3O4S. The Bertz CT molecular complexity index is 1500. The largest absolute Gasteiger partial charge is 0.352 e. The van der Waals surface area contributed by atoms with Crippen LogP contribution in [0.4, 0.5) is 5.69 Å². The van der Waals surface area contributed by atoms with Gasteiger partial charge in [-0.05, 0) is 43.7 Å². The van der Waals surface area contributed by atoms with Crippen molar-refractivity contribution in [3.63, 3.8) is 0 Å². The molecule has 0 radical (unpaired) electrons. The van der Waals surface area contributed by atoms with Gasteiger partial charge in [-0.3, -0.25) is 13.9 Å². The maximum atomic E-state index is 14.1. The third-order valence-corrected chi connectivity index (χ3v) is 8.89. The first kappa shape index (κ1) is 33.3. The van der Waals surface area contributed by atoms with Gasteiger partial charge in [0.15, 0.2) is 0 Å². The molecule has 0 fully saturated rings. The Morgan fingerprint density at radius 3 is 1.98 bits per heavy atom. The first-order valence-corrected chi connectivity index (χ1v) is 16.1. The van der Waals surface area contributed by atoms with E-state index in [2.05, 4.69) is 5.32 Å². The molecule has 0 spiro atoms. The zero-order valence-corrected chi connectivity index (χ0v) is 27.0. The number of hydrogen-bond acceptors (Lipinski definition) is 4. The van der Waals surface area contributed by atoms with Gasteiger partial charge in [0.2, 0.25) is 21.8 Å². The number of nitrogens with zero attached hydrogens (tertiary/aromatic N) is 2. The zero-order chi connectivity index (χ0) is 30.5. The summed E-state index contributed by atoms with van der Waals surface area (Å²) < 4.78 is 26.7. The van der Waals surface area contributed by atoms with Gasteiger partial charge < -0.3 is 10.2 Å². The van der Waals surface area contributed by atoms with Crippen molar-refractivity contribution in [3.8, 4) is 0 Å². The highest BCUT2D eigenvalue weighted by atomic mass is 35.5. The van der Waals surface area contributed by atoms with Crippen LogP contribution in [0.5, 0.6) is 0 Å². The van der Waals surface area contributed by atoms with E-state index in [1.165, 1.54) is 17.0 Å². The number of rotatable bonds is 11. The Balaban J connectivity index is 2.14. The lowest BCUT2D eigenvalue weighted by Gasteiger charge is -2.34. The van der Waals surface area contributed by atoms with E-state index in [0.717, 1.165) is 16.1 Å². The quantitative estimate of drug-likeness (QED) is 0.224. The Morgan fingerprint density at radius 1 is 0.829 bits per heavy atom. The zero-order valence-electron chi connectivity index (χ0n) is 22.4. The molecule has 7 nitrogen and oxygen atoms in total. The van der Waals surface area contributed by atoms with E-state index in [9.17, 15) is 18.0 Å². The molecule has 0 saturated heterocycles. The van der Waals surface area contributed by atoms with E-state index in [1.807, 2.05) is 30.3 Å². The molecule has 0 heterocycles. The highest BCUT2D eigenvalue weighted by Gasteiger charge is 2.34. The molecule has 0 aliphatic rings. The number of hydrogen-bond donors (Lipinski definition) is 1. The molecule has 3 aromatic carbocycles. The lowest BCUT2D eigenvalue weighted by molar-refractivity contribution is -0.140. The first-order valence-electron chi connectivity index (χ1n) is 12.4. The summed E-state index contributed by atoms with van der Waals surface area (Å²) in [6.07, 6.45) is 1.07. The van der Waals surface area contributed by atoms with Crippen LogP contribution in [0, 0.1) is 0 Å². The maximum Gasteiger partial charge on any atom is 0.244 e. The number of carbonyl (C=O) groups is 2. The summed E-state index contributed by atoms with van der Waals surface area (Å²) in [5.41, 5.74) is 1.14. The number of amides is 2. The van der Waals surface area contributed by atoms with Crippen molar-refractivity contribution in [1.82, 2.24) is 10.2 Å². The number of sulfonamides is 1. The van der Waals surface area contributed by atoms with Gasteiger partial charge in [0.1, 0.15) is 12.6 Å². The molecule has 0 unspecified atom stereocenters. The molecule has 1 N–H and O–H groups in total. The number of benzene rings is 3. The lowest BCUT2D eigenvalue weighted by atomic mass is 10.0. The minimum atomic E-state index is -4.06. The van der Waals surface area contributed by atoms with Crippen molar-refractivity contribution >= 4 is 85.5 Å². The SMILES string of the molecule is CC(C)NC(=O)[C@@H](Cc1ccccc1)N(Cc1c(Cl)cccc1Cl)C(=O)CN(c1cc(Cl)c(Cl)cc1Cl)S(C)(=O)=O. The third-order valence-electron chi connectivity index (χ3n) is 6.03. The minimum Gasteiger partial charge on any atom is -0.352 e. The topological polar surface area (TPSA) is 86.8 Å². The van der Waals surface area contributed by atoms with Crippen molar-refractivity contribution in [1.29, 1.82) is 0 Å². The van der Waals surface area contributed by atoms with Gasteiger partial charge >= 0.3 is 0 Å². The minimum absolute atomic E-state index is 0.0308. The summed E-state index contributed by atoms with van der Waals surface area (Å²) in [4.78, 5) is 29.0. The number of halogens is 5. The van der Waals surface area contributed by atoms with E-state index in [1.54, 1.807) is 32.0 Å². The van der Waals surface area contributed by atoms with E-state index in [-0.39, 0.29) is 49.8 Å². The molecule has 220 valence electrons. The van der Waals surface area contributed by atoms with Crippen molar-refractivity contribution in [2.45, 2.75) is 38.9 Å². The number of anilines is 1. The van der Waals surface area contributed by atoms with Crippen LogP contribution in [-0.2, 0) is 32.6 Å². The van der Waals surface area contributed by atoms with Gasteiger partial charge in [0.05, 0.1) is 27.0 Å². The number of nitrogens with one attached hydrogen (secondary N) is 1. The molecular weight excluding hydrogens is 652 g/mol. The van der Waals surface area contributed by atoms with E-state index < -0.39 is 34.4 Å². The van der Waals surface area contributed by atoms with Crippen molar-refractivity contribution in [3.05, 3.63) is 96.9 Å². The Morgan fingerprint density at radius 2 is 1.41 bits per heavy atom. The Hall–Kier alpha value is -2.20. The van der Waals surface area contributed by atoms with Gasteiger partial charge in [-0.25, -0.2) is 8.42 Å². The third kappa shape index (κ3) is 8.89. The van der Waals surface area contributed by atoms with Crippen molar-refractivity contribution in [2.75, 3.05) is 17.1 Å². The van der Waals surface area contributed by atoms with Gasteiger partial charge in [-0.2, -0.15) is 0 Å². The van der Waals surface area contributed by atoms with E-state index >= 15 is 0 Å². The van der Waals surface area contributed by atoms with Crippen LogP contribution >= 0.6 is 58.0 Å². The van der Waals surface area contributed by atoms with Crippen LogP contribution in [0.15, 0.2) is 60.7 Å². The van der Waals surface area contributed by atoms with Crippen molar-refractivity contribution < 1.29 is 18.0 Å². The molecule has 0 saturated carbocycles. The normalized spacial score (nSPS) is 12.2. The summed E-state index contributed by atoms with van der Waals surface area (Å²) >= 11 is 31.5. The summed E-state index contributed by atoms with van der Waals surface area (Å²) in [7, 11) is -4.06. The highest BCUT2D eigenvalue weighted by Crippen LogP contribution is 2.36. The molecule has 0 aliphatic carbocycles. The first-order chi connectivity index (χ1) is 19.2. The second kappa shape index (κ2) is 14.3. The molecule has 3 rings (SSSR count). The van der Waals surface area contributed by atoms with Gasteiger partial charge in [0, 0.05) is 34.6 Å². The van der Waals surface area contributed by atoms with Gasteiger partial charge in [-0.15, -0.1) is 0 Å². The van der Waals surface area contributed by atoms with Crippen molar-refractivity contribution in [2.24, 2.45) is 0 Å². The molecule has 41 heavy (non-hydrogen) atoms. The molecule has 0 bridgehead atoms.